The molecule has 0 aromatic heterocycles. The normalized spacial score (nSPS) is 20.2. The Balaban J connectivity index is 1.98. The van der Waals surface area contributed by atoms with Crippen LogP contribution in [0, 0.1) is 13.8 Å². The molecule has 0 unspecified atom stereocenters. The van der Waals surface area contributed by atoms with Crippen molar-refractivity contribution < 1.29 is 14.7 Å². The van der Waals surface area contributed by atoms with Crippen LogP contribution in [-0.4, -0.2) is 27.9 Å². The second-order valence-corrected chi connectivity index (χ2v) is 6.31. The minimum Gasteiger partial charge on any atom is -0.502 e. The smallest absolute Gasteiger partial charge is 0.296 e. The van der Waals surface area contributed by atoms with Crippen LogP contribution in [0.2, 0.25) is 0 Å². The Morgan fingerprint density at radius 1 is 1.05 bits per heavy atom. The Bertz CT molecular complexity index is 669. The fourth-order valence-electron chi connectivity index (χ4n) is 3.54. The number of hydrogen-bond donors (Lipinski definition) is 1. The second kappa shape index (κ2) is 5.59. The Morgan fingerprint density at radius 3 is 2.36 bits per heavy atom. The summed E-state index contributed by atoms with van der Waals surface area (Å²) in [7, 11) is 0. The van der Waals surface area contributed by atoms with Crippen molar-refractivity contribution in [3.8, 4) is 0 Å². The lowest BCUT2D eigenvalue weighted by Gasteiger charge is -2.29. The molecule has 0 saturated heterocycles. The summed E-state index contributed by atoms with van der Waals surface area (Å²) in [6, 6.07) is 5.59. The Labute approximate surface area is 130 Å². The average molecular weight is 299 g/mol. The van der Waals surface area contributed by atoms with Crippen LogP contribution in [0.5, 0.6) is 0 Å². The molecule has 1 heterocycles. The first-order valence-corrected chi connectivity index (χ1v) is 7.89. The molecular formula is C18H21NO3. The minimum absolute atomic E-state index is 0.0702. The van der Waals surface area contributed by atoms with E-state index in [1.54, 1.807) is 0 Å². The molecule has 2 amide bonds. The SMILES string of the molecule is Cc1ccc(C2=C(O)C(=O)N(C3CCCCC3)C2=O)c(C)c1. The number of amides is 2. The zero-order chi connectivity index (χ0) is 15.9. The first-order chi connectivity index (χ1) is 10.5. The standard InChI is InChI=1S/C18H21NO3/c1-11-8-9-14(12(2)10-11)15-16(20)18(22)19(17(15)21)13-6-4-3-5-7-13/h8-10,13,20H,3-7H2,1-2H3. The average Bonchev–Trinajstić information content (AvgIpc) is 2.71. The number of rotatable bonds is 2. The van der Waals surface area contributed by atoms with Gasteiger partial charge in [-0.25, -0.2) is 0 Å². The highest BCUT2D eigenvalue weighted by Crippen LogP contribution is 2.34. The van der Waals surface area contributed by atoms with Crippen molar-refractivity contribution in [1.29, 1.82) is 0 Å². The third-order valence-corrected chi connectivity index (χ3v) is 4.68. The molecule has 116 valence electrons. The summed E-state index contributed by atoms with van der Waals surface area (Å²) in [5, 5.41) is 10.2. The predicted molar refractivity (Wildman–Crippen MR) is 84.2 cm³/mol. The number of aliphatic hydroxyl groups is 1. The molecule has 4 heteroatoms. The molecule has 0 radical (unpaired) electrons. The number of carbonyl (C=O) groups is 2. The van der Waals surface area contributed by atoms with Gasteiger partial charge in [0, 0.05) is 6.04 Å². The van der Waals surface area contributed by atoms with Crippen molar-refractivity contribution in [1.82, 2.24) is 4.90 Å². The van der Waals surface area contributed by atoms with E-state index in [1.807, 2.05) is 32.0 Å². The van der Waals surface area contributed by atoms with Gasteiger partial charge in [0.1, 0.15) is 0 Å². The summed E-state index contributed by atoms with van der Waals surface area (Å²) in [6.07, 6.45) is 4.88. The molecule has 2 aliphatic rings. The van der Waals surface area contributed by atoms with Crippen molar-refractivity contribution in [3.63, 3.8) is 0 Å². The van der Waals surface area contributed by atoms with Crippen molar-refractivity contribution in [2.75, 3.05) is 0 Å². The predicted octanol–water partition coefficient (Wildman–Crippen LogP) is 3.27. The van der Waals surface area contributed by atoms with Crippen molar-refractivity contribution in [2.24, 2.45) is 0 Å². The molecule has 1 fully saturated rings. The van der Waals surface area contributed by atoms with E-state index in [0.29, 0.717) is 5.56 Å². The van der Waals surface area contributed by atoms with E-state index in [0.717, 1.165) is 43.2 Å². The fraction of sp³-hybridized carbons (Fsp3) is 0.444. The minimum atomic E-state index is -0.535. The van der Waals surface area contributed by atoms with E-state index in [2.05, 4.69) is 0 Å². The molecule has 3 rings (SSSR count). The van der Waals surface area contributed by atoms with Crippen molar-refractivity contribution in [3.05, 3.63) is 40.6 Å². The number of hydrogen-bond acceptors (Lipinski definition) is 3. The molecule has 1 aliphatic carbocycles. The molecule has 1 aliphatic heterocycles. The summed E-state index contributed by atoms with van der Waals surface area (Å²) >= 11 is 0. The van der Waals surface area contributed by atoms with Gasteiger partial charge >= 0.3 is 0 Å². The molecule has 22 heavy (non-hydrogen) atoms. The van der Waals surface area contributed by atoms with Gasteiger partial charge in [0.15, 0.2) is 5.76 Å². The summed E-state index contributed by atoms with van der Waals surface area (Å²) in [5.41, 5.74) is 2.79. The van der Waals surface area contributed by atoms with E-state index < -0.39 is 11.7 Å². The van der Waals surface area contributed by atoms with Gasteiger partial charge < -0.3 is 5.11 Å². The third kappa shape index (κ3) is 2.32. The van der Waals surface area contributed by atoms with Gasteiger partial charge in [-0.05, 0) is 37.8 Å². The van der Waals surface area contributed by atoms with Gasteiger partial charge in [0.05, 0.1) is 5.57 Å². The van der Waals surface area contributed by atoms with Crippen LogP contribution in [-0.2, 0) is 9.59 Å². The Hall–Kier alpha value is -2.10. The zero-order valence-corrected chi connectivity index (χ0v) is 13.1. The largest absolute Gasteiger partial charge is 0.502 e. The van der Waals surface area contributed by atoms with Gasteiger partial charge in [-0.3, -0.25) is 14.5 Å². The molecule has 1 N–H and O–H groups in total. The lowest BCUT2D eigenvalue weighted by atomic mass is 9.94. The highest BCUT2D eigenvalue weighted by atomic mass is 16.3. The molecule has 1 saturated carbocycles. The summed E-state index contributed by atoms with van der Waals surface area (Å²) in [4.78, 5) is 26.4. The molecule has 1 aromatic rings. The van der Waals surface area contributed by atoms with Crippen LogP contribution in [0.15, 0.2) is 24.0 Å². The number of benzene rings is 1. The lowest BCUT2D eigenvalue weighted by Crippen LogP contribution is -2.42. The Morgan fingerprint density at radius 2 is 1.73 bits per heavy atom. The molecule has 0 spiro atoms. The number of nitrogens with zero attached hydrogens (tertiary/aromatic N) is 1. The maximum Gasteiger partial charge on any atom is 0.296 e. The van der Waals surface area contributed by atoms with Crippen LogP contribution in [0.4, 0.5) is 0 Å². The maximum absolute atomic E-state index is 12.8. The molecule has 0 bridgehead atoms. The first kappa shape index (κ1) is 14.8. The summed E-state index contributed by atoms with van der Waals surface area (Å²) < 4.78 is 0. The van der Waals surface area contributed by atoms with Gasteiger partial charge in [-0.1, -0.05) is 43.0 Å². The number of aryl methyl sites for hydroxylation is 2. The van der Waals surface area contributed by atoms with Gasteiger partial charge in [0.2, 0.25) is 0 Å². The highest BCUT2D eigenvalue weighted by molar-refractivity contribution is 6.35. The van der Waals surface area contributed by atoms with Crippen LogP contribution >= 0.6 is 0 Å². The summed E-state index contributed by atoms with van der Waals surface area (Å²) in [6.45, 7) is 3.87. The van der Waals surface area contributed by atoms with Gasteiger partial charge in [-0.2, -0.15) is 0 Å². The number of aliphatic hydroxyl groups excluding tert-OH is 1. The second-order valence-electron chi connectivity index (χ2n) is 6.31. The van der Waals surface area contributed by atoms with Gasteiger partial charge in [-0.15, -0.1) is 0 Å². The molecule has 0 atom stereocenters. The van der Waals surface area contributed by atoms with Crippen LogP contribution in [0.25, 0.3) is 5.57 Å². The van der Waals surface area contributed by atoms with Crippen molar-refractivity contribution >= 4 is 17.4 Å². The summed E-state index contributed by atoms with van der Waals surface area (Å²) in [5.74, 6) is -1.28. The highest BCUT2D eigenvalue weighted by Gasteiger charge is 2.43. The topological polar surface area (TPSA) is 57.6 Å². The van der Waals surface area contributed by atoms with E-state index in [4.69, 9.17) is 0 Å². The monoisotopic (exact) mass is 299 g/mol. The molecule has 1 aromatic carbocycles. The van der Waals surface area contributed by atoms with E-state index in [1.165, 1.54) is 4.90 Å². The van der Waals surface area contributed by atoms with Gasteiger partial charge in [0.25, 0.3) is 11.8 Å². The van der Waals surface area contributed by atoms with Crippen LogP contribution < -0.4 is 0 Å². The number of imide groups is 1. The van der Waals surface area contributed by atoms with Crippen LogP contribution in [0.1, 0.15) is 48.8 Å². The van der Waals surface area contributed by atoms with Crippen LogP contribution in [0.3, 0.4) is 0 Å². The molecule has 4 nitrogen and oxygen atoms in total. The number of carbonyl (C=O) groups excluding carboxylic acids is 2. The quantitative estimate of drug-likeness (QED) is 0.853. The van der Waals surface area contributed by atoms with E-state index in [9.17, 15) is 14.7 Å². The molecular weight excluding hydrogens is 278 g/mol. The Kier molecular flexibility index (Phi) is 3.77. The van der Waals surface area contributed by atoms with Crippen molar-refractivity contribution in [2.45, 2.75) is 52.0 Å². The first-order valence-electron chi connectivity index (χ1n) is 7.89. The lowest BCUT2D eigenvalue weighted by molar-refractivity contribution is -0.141. The fourth-order valence-corrected chi connectivity index (χ4v) is 3.54. The van der Waals surface area contributed by atoms with E-state index >= 15 is 0 Å². The maximum atomic E-state index is 12.8. The third-order valence-electron chi connectivity index (χ3n) is 4.68. The van der Waals surface area contributed by atoms with E-state index in [-0.39, 0.29) is 17.5 Å². The zero-order valence-electron chi connectivity index (χ0n) is 13.1.